The summed E-state index contributed by atoms with van der Waals surface area (Å²) in [5.74, 6) is 0.00400. The Morgan fingerprint density at radius 1 is 1.32 bits per heavy atom. The normalized spacial score (nSPS) is 11.2. The van der Waals surface area contributed by atoms with Gasteiger partial charge in [-0.05, 0) is 32.0 Å². The Kier molecular flexibility index (Phi) is 5.79. The largest absolute Gasteiger partial charge is 0.497 e. The van der Waals surface area contributed by atoms with Crippen molar-refractivity contribution in [3.63, 3.8) is 0 Å². The van der Waals surface area contributed by atoms with Crippen LogP contribution in [0.2, 0.25) is 0 Å². The molecule has 0 atom stereocenters. The molecule has 1 rings (SSSR count). The van der Waals surface area contributed by atoms with Gasteiger partial charge in [0.25, 0.3) is 0 Å². The average Bonchev–Trinajstić information content (AvgIpc) is 2.43. The SMILES string of the molecule is COc1cccc(C(=O)OO[CH]CC(C)(C)OC)c1. The van der Waals surface area contributed by atoms with Gasteiger partial charge in [-0.15, -0.1) is 0 Å². The van der Waals surface area contributed by atoms with Crippen LogP contribution in [0.3, 0.4) is 0 Å². The molecule has 0 aliphatic rings. The van der Waals surface area contributed by atoms with Crippen molar-refractivity contribution in [2.75, 3.05) is 14.2 Å². The zero-order valence-corrected chi connectivity index (χ0v) is 11.6. The molecular weight excluding hydrogens is 248 g/mol. The van der Waals surface area contributed by atoms with E-state index in [0.29, 0.717) is 17.7 Å². The number of methoxy groups -OCH3 is 2. The second-order valence-corrected chi connectivity index (χ2v) is 4.53. The molecule has 1 aromatic rings. The van der Waals surface area contributed by atoms with Crippen molar-refractivity contribution >= 4 is 5.97 Å². The smallest absolute Gasteiger partial charge is 0.373 e. The Labute approximate surface area is 113 Å². The van der Waals surface area contributed by atoms with Crippen molar-refractivity contribution < 1.29 is 24.0 Å². The summed E-state index contributed by atoms with van der Waals surface area (Å²) in [4.78, 5) is 21.1. The van der Waals surface area contributed by atoms with Crippen LogP contribution >= 0.6 is 0 Å². The van der Waals surface area contributed by atoms with E-state index < -0.39 is 5.97 Å². The summed E-state index contributed by atoms with van der Waals surface area (Å²) in [7, 11) is 3.14. The molecule has 0 aliphatic heterocycles. The second kappa shape index (κ2) is 7.11. The Morgan fingerprint density at radius 2 is 2.05 bits per heavy atom. The van der Waals surface area contributed by atoms with Crippen molar-refractivity contribution in [3.8, 4) is 5.75 Å². The second-order valence-electron chi connectivity index (χ2n) is 4.53. The monoisotopic (exact) mass is 267 g/mol. The van der Waals surface area contributed by atoms with Gasteiger partial charge in [-0.25, -0.2) is 4.79 Å². The topological polar surface area (TPSA) is 54.0 Å². The molecule has 1 aromatic carbocycles. The summed E-state index contributed by atoms with van der Waals surface area (Å²) in [6.07, 6.45) is 0.495. The highest BCUT2D eigenvalue weighted by atomic mass is 17.2. The van der Waals surface area contributed by atoms with Crippen molar-refractivity contribution in [3.05, 3.63) is 36.4 Å². The van der Waals surface area contributed by atoms with Gasteiger partial charge in [-0.3, -0.25) is 4.89 Å². The number of rotatable bonds is 7. The number of carbonyl (C=O) groups is 1. The number of benzene rings is 1. The molecule has 0 unspecified atom stereocenters. The van der Waals surface area contributed by atoms with E-state index in [2.05, 4.69) is 4.89 Å². The standard InChI is InChI=1S/C14H19O5/c1-14(2,17-4)8-9-18-19-13(15)11-6-5-7-12(10-11)16-3/h5-7,9-10H,8H2,1-4H3. The third kappa shape index (κ3) is 5.28. The van der Waals surface area contributed by atoms with Gasteiger partial charge in [-0.2, -0.15) is 4.89 Å². The van der Waals surface area contributed by atoms with Crippen LogP contribution in [0, 0.1) is 6.61 Å². The maximum absolute atomic E-state index is 11.7. The fourth-order valence-electron chi connectivity index (χ4n) is 1.19. The van der Waals surface area contributed by atoms with Crippen LogP contribution in [0.1, 0.15) is 30.6 Å². The molecule has 105 valence electrons. The molecule has 0 saturated carbocycles. The molecular formula is C14H19O5. The molecule has 0 aromatic heterocycles. The lowest BCUT2D eigenvalue weighted by atomic mass is 10.1. The predicted molar refractivity (Wildman–Crippen MR) is 69.5 cm³/mol. The summed E-state index contributed by atoms with van der Waals surface area (Å²) < 4.78 is 10.2. The molecule has 0 spiro atoms. The number of carbonyl (C=O) groups excluding carboxylic acids is 1. The summed E-state index contributed by atoms with van der Waals surface area (Å²) in [5.41, 5.74) is 0.00120. The molecule has 5 nitrogen and oxygen atoms in total. The van der Waals surface area contributed by atoms with Crippen molar-refractivity contribution in [1.29, 1.82) is 0 Å². The van der Waals surface area contributed by atoms with E-state index >= 15 is 0 Å². The first-order valence-corrected chi connectivity index (χ1v) is 5.87. The molecule has 0 fully saturated rings. The number of hydrogen-bond acceptors (Lipinski definition) is 5. The fraction of sp³-hybridized carbons (Fsp3) is 0.429. The van der Waals surface area contributed by atoms with Gasteiger partial charge >= 0.3 is 5.97 Å². The molecule has 5 heteroatoms. The molecule has 19 heavy (non-hydrogen) atoms. The Balaban J connectivity index is 2.39. The van der Waals surface area contributed by atoms with E-state index in [9.17, 15) is 4.79 Å². The van der Waals surface area contributed by atoms with E-state index in [0.717, 1.165) is 0 Å². The first-order valence-electron chi connectivity index (χ1n) is 5.87. The first-order chi connectivity index (χ1) is 8.98. The van der Waals surface area contributed by atoms with Gasteiger partial charge in [0.1, 0.15) is 12.4 Å². The van der Waals surface area contributed by atoms with Crippen LogP contribution in [-0.4, -0.2) is 25.8 Å². The summed E-state index contributed by atoms with van der Waals surface area (Å²) in [6, 6.07) is 6.64. The lowest BCUT2D eigenvalue weighted by molar-refractivity contribution is -0.218. The third-order valence-electron chi connectivity index (χ3n) is 2.62. The number of hydrogen-bond donors (Lipinski definition) is 0. The average molecular weight is 267 g/mol. The van der Waals surface area contributed by atoms with Gasteiger partial charge in [0.2, 0.25) is 0 Å². The van der Waals surface area contributed by atoms with Crippen LogP contribution in [0.15, 0.2) is 24.3 Å². The minimum absolute atomic E-state index is 0.359. The minimum atomic E-state index is -0.578. The van der Waals surface area contributed by atoms with E-state index in [1.165, 1.54) is 13.7 Å². The van der Waals surface area contributed by atoms with Crippen molar-refractivity contribution in [2.24, 2.45) is 0 Å². The highest BCUT2D eigenvalue weighted by Crippen LogP contribution is 2.16. The van der Waals surface area contributed by atoms with E-state index in [4.69, 9.17) is 14.4 Å². The first kappa shape index (κ1) is 15.5. The molecule has 0 saturated heterocycles. The van der Waals surface area contributed by atoms with Crippen LogP contribution in [-0.2, 0) is 14.5 Å². The Hall–Kier alpha value is -1.59. The molecule has 0 bridgehead atoms. The quantitative estimate of drug-likeness (QED) is 0.432. The van der Waals surface area contributed by atoms with E-state index in [1.54, 1.807) is 31.4 Å². The Morgan fingerprint density at radius 3 is 2.68 bits per heavy atom. The van der Waals surface area contributed by atoms with E-state index in [-0.39, 0.29) is 5.60 Å². The molecule has 0 amide bonds. The van der Waals surface area contributed by atoms with Crippen LogP contribution in [0.25, 0.3) is 0 Å². The highest BCUT2D eigenvalue weighted by Gasteiger charge is 2.17. The lowest BCUT2D eigenvalue weighted by Gasteiger charge is -2.21. The van der Waals surface area contributed by atoms with Gasteiger partial charge in [-0.1, -0.05) is 6.07 Å². The van der Waals surface area contributed by atoms with Gasteiger partial charge < -0.3 is 9.47 Å². The van der Waals surface area contributed by atoms with Crippen LogP contribution in [0.5, 0.6) is 5.75 Å². The maximum Gasteiger partial charge on any atom is 0.373 e. The Bertz CT molecular complexity index is 414. The van der Waals surface area contributed by atoms with Crippen molar-refractivity contribution in [2.45, 2.75) is 25.9 Å². The summed E-state index contributed by atoms with van der Waals surface area (Å²) in [6.45, 7) is 5.19. The number of ether oxygens (including phenoxy) is 2. The highest BCUT2D eigenvalue weighted by molar-refractivity contribution is 5.89. The van der Waals surface area contributed by atoms with E-state index in [1.807, 2.05) is 13.8 Å². The third-order valence-corrected chi connectivity index (χ3v) is 2.62. The molecule has 1 radical (unpaired) electrons. The minimum Gasteiger partial charge on any atom is -0.497 e. The molecule has 0 aliphatic carbocycles. The van der Waals surface area contributed by atoms with Gasteiger partial charge in [0.15, 0.2) is 0 Å². The van der Waals surface area contributed by atoms with Crippen molar-refractivity contribution in [1.82, 2.24) is 0 Å². The zero-order valence-electron chi connectivity index (χ0n) is 11.6. The zero-order chi connectivity index (χ0) is 14.3. The van der Waals surface area contributed by atoms with Crippen LogP contribution in [0.4, 0.5) is 0 Å². The summed E-state index contributed by atoms with van der Waals surface area (Å²) >= 11 is 0. The predicted octanol–water partition coefficient (Wildman–Crippen LogP) is 2.76. The molecule has 0 N–H and O–H groups in total. The molecule has 0 heterocycles. The van der Waals surface area contributed by atoms with Gasteiger partial charge in [0, 0.05) is 13.5 Å². The van der Waals surface area contributed by atoms with Crippen LogP contribution < -0.4 is 4.74 Å². The van der Waals surface area contributed by atoms with Gasteiger partial charge in [0.05, 0.1) is 18.3 Å². The lowest BCUT2D eigenvalue weighted by Crippen LogP contribution is -2.22. The fourth-order valence-corrected chi connectivity index (χ4v) is 1.19. The maximum atomic E-state index is 11.7. The summed E-state index contributed by atoms with van der Waals surface area (Å²) in [5, 5.41) is 0.